The third kappa shape index (κ3) is 6.96. The summed E-state index contributed by atoms with van der Waals surface area (Å²) in [4.78, 5) is 43.3. The maximum Gasteiger partial charge on any atom is 0.277 e. The summed E-state index contributed by atoms with van der Waals surface area (Å²) in [6.07, 6.45) is 14.1. The molecule has 2 saturated carbocycles. The van der Waals surface area contributed by atoms with Gasteiger partial charge in [0.15, 0.2) is 0 Å². The Morgan fingerprint density at radius 3 is 2.13 bits per heavy atom. The number of carbonyl (C=O) groups excluding carboxylic acids is 3. The molecule has 1 aromatic rings. The number of nitrogens with zero attached hydrogens (tertiary/aromatic N) is 3. The van der Waals surface area contributed by atoms with E-state index in [9.17, 15) is 19.5 Å². The first-order chi connectivity index (χ1) is 22.2. The van der Waals surface area contributed by atoms with E-state index in [-0.39, 0.29) is 52.0 Å². The summed E-state index contributed by atoms with van der Waals surface area (Å²) in [5, 5.41) is 20.5. The number of ketones is 1. The number of hydrogen-bond donors (Lipinski definition) is 2. The highest BCUT2D eigenvalue weighted by Gasteiger charge is 2.44. The van der Waals surface area contributed by atoms with Gasteiger partial charge in [0.25, 0.3) is 5.91 Å². The fourth-order valence-electron chi connectivity index (χ4n) is 7.75. The average molecular weight is 631 g/mol. The smallest absolute Gasteiger partial charge is 0.277 e. The van der Waals surface area contributed by atoms with Gasteiger partial charge < -0.3 is 15.3 Å². The molecule has 46 heavy (non-hydrogen) atoms. The highest BCUT2D eigenvalue weighted by molar-refractivity contribution is 6.44. The zero-order valence-corrected chi connectivity index (χ0v) is 28.7. The summed E-state index contributed by atoms with van der Waals surface area (Å²) in [6.45, 7) is 11.8. The molecule has 1 heterocycles. The average Bonchev–Trinajstić information content (AvgIpc) is 3.81. The molecule has 1 atom stereocenters. The Morgan fingerprint density at radius 2 is 1.61 bits per heavy atom. The molecule has 0 aromatic heterocycles. The lowest BCUT2D eigenvalue weighted by molar-refractivity contribution is -0.127. The largest absolute Gasteiger partial charge is 0.506 e. The van der Waals surface area contributed by atoms with E-state index in [1.807, 2.05) is 45.9 Å². The minimum Gasteiger partial charge on any atom is -0.506 e. The molecule has 3 aliphatic carbocycles. The van der Waals surface area contributed by atoms with Gasteiger partial charge in [-0.2, -0.15) is 5.10 Å². The van der Waals surface area contributed by atoms with Crippen LogP contribution < -0.4 is 10.2 Å². The summed E-state index contributed by atoms with van der Waals surface area (Å²) < 4.78 is 0. The fraction of sp³-hybridized carbons (Fsp3) is 0.632. The van der Waals surface area contributed by atoms with Gasteiger partial charge in [-0.15, -0.1) is 0 Å². The van der Waals surface area contributed by atoms with Crippen LogP contribution in [0.25, 0.3) is 5.57 Å². The van der Waals surface area contributed by atoms with Crippen molar-refractivity contribution in [1.29, 1.82) is 0 Å². The van der Waals surface area contributed by atoms with Crippen LogP contribution in [0.4, 0.5) is 11.4 Å². The molecule has 0 saturated heterocycles. The van der Waals surface area contributed by atoms with Crippen molar-refractivity contribution in [3.8, 4) is 0 Å². The first kappa shape index (κ1) is 33.9. The second-order valence-corrected chi connectivity index (χ2v) is 14.1. The summed E-state index contributed by atoms with van der Waals surface area (Å²) >= 11 is 0. The van der Waals surface area contributed by atoms with Crippen LogP contribution in [0.15, 0.2) is 40.2 Å². The maximum absolute atomic E-state index is 13.9. The van der Waals surface area contributed by atoms with Crippen molar-refractivity contribution in [2.45, 2.75) is 124 Å². The number of hydrazone groups is 1. The Morgan fingerprint density at radius 1 is 0.978 bits per heavy atom. The van der Waals surface area contributed by atoms with Crippen LogP contribution in [0.2, 0.25) is 0 Å². The number of carbonyl (C=O) groups is 3. The SMILES string of the molecule is CCCCC(CC)C(=O)Nc1cc(N(CC2CCCC2)CC2CCCC2)ccc1C1=C(O)/C(=C2/C(=O)N(C(C)C)N=C2CC)C1=O. The number of hydrogen-bond acceptors (Lipinski definition) is 6. The van der Waals surface area contributed by atoms with Crippen LogP contribution in [0, 0.1) is 17.8 Å². The monoisotopic (exact) mass is 630 g/mol. The van der Waals surface area contributed by atoms with Crippen molar-refractivity contribution in [3.05, 3.63) is 40.7 Å². The zero-order valence-electron chi connectivity index (χ0n) is 28.7. The van der Waals surface area contributed by atoms with Crippen molar-refractivity contribution in [2.24, 2.45) is 22.9 Å². The minimum absolute atomic E-state index is 0.0311. The molecule has 1 aliphatic heterocycles. The summed E-state index contributed by atoms with van der Waals surface area (Å²) in [5.74, 6) is 0.185. The molecular formula is C38H54N4O4. The van der Waals surface area contributed by atoms with Crippen LogP contribution in [0.1, 0.15) is 124 Å². The van der Waals surface area contributed by atoms with E-state index in [1.54, 1.807) is 0 Å². The highest BCUT2D eigenvalue weighted by atomic mass is 16.3. The molecule has 2 N–H and O–H groups in total. The molecule has 2 amide bonds. The number of rotatable bonds is 14. The van der Waals surface area contributed by atoms with Gasteiger partial charge in [-0.05, 0) is 88.8 Å². The van der Waals surface area contributed by atoms with E-state index in [0.717, 1.165) is 44.5 Å². The van der Waals surface area contributed by atoms with Gasteiger partial charge in [0, 0.05) is 30.3 Å². The maximum atomic E-state index is 13.9. The van der Waals surface area contributed by atoms with Gasteiger partial charge >= 0.3 is 0 Å². The Hall–Kier alpha value is -3.42. The lowest BCUT2D eigenvalue weighted by Crippen LogP contribution is -2.33. The first-order valence-corrected chi connectivity index (χ1v) is 18.0. The van der Waals surface area contributed by atoms with Crippen LogP contribution in [-0.4, -0.2) is 52.6 Å². The minimum atomic E-state index is -0.386. The van der Waals surface area contributed by atoms with Crippen LogP contribution in [0.5, 0.6) is 0 Å². The number of amides is 2. The van der Waals surface area contributed by atoms with Crippen molar-refractivity contribution in [2.75, 3.05) is 23.3 Å². The molecule has 1 aromatic carbocycles. The van der Waals surface area contributed by atoms with Crippen LogP contribution in [0.3, 0.4) is 0 Å². The van der Waals surface area contributed by atoms with Gasteiger partial charge in [0.2, 0.25) is 11.7 Å². The van der Waals surface area contributed by atoms with Gasteiger partial charge in [-0.1, -0.05) is 59.3 Å². The number of anilines is 2. The van der Waals surface area contributed by atoms with Crippen LogP contribution in [-0.2, 0) is 14.4 Å². The molecular weight excluding hydrogens is 576 g/mol. The number of allylic oxidation sites excluding steroid dienone is 2. The Balaban J connectivity index is 1.55. The topological polar surface area (TPSA) is 102 Å². The lowest BCUT2D eigenvalue weighted by atomic mass is 9.79. The molecule has 1 unspecified atom stereocenters. The number of aliphatic hydroxyl groups excluding tert-OH is 1. The second-order valence-electron chi connectivity index (χ2n) is 14.1. The third-order valence-corrected chi connectivity index (χ3v) is 10.5. The highest BCUT2D eigenvalue weighted by Crippen LogP contribution is 2.44. The van der Waals surface area contributed by atoms with E-state index in [2.05, 4.69) is 22.2 Å². The standard InChI is InChI=1S/C38H54N4O4/c1-6-9-18-27(7-2)37(45)39-31-21-28(41(22-25-14-10-11-15-25)23-26-16-12-13-17-26)19-20-29(31)32-35(43)34(36(32)44)33-30(8-3)40-42(24(4)5)38(33)46/h19-21,24-27,43H,6-18,22-23H2,1-5H3,(H,39,45)/b34-33-. The van der Waals surface area contributed by atoms with Crippen molar-refractivity contribution < 1.29 is 19.5 Å². The van der Waals surface area contributed by atoms with Gasteiger partial charge in [0.1, 0.15) is 5.76 Å². The first-order valence-electron chi connectivity index (χ1n) is 18.0. The summed E-state index contributed by atoms with van der Waals surface area (Å²) in [7, 11) is 0. The predicted molar refractivity (Wildman–Crippen MR) is 186 cm³/mol. The van der Waals surface area contributed by atoms with E-state index in [0.29, 0.717) is 35.2 Å². The van der Waals surface area contributed by atoms with Gasteiger partial charge in [-0.25, -0.2) is 5.01 Å². The predicted octanol–water partition coefficient (Wildman–Crippen LogP) is 8.19. The van der Waals surface area contributed by atoms with E-state index >= 15 is 0 Å². The molecule has 5 rings (SSSR count). The molecule has 250 valence electrons. The molecule has 0 radical (unpaired) electrons. The van der Waals surface area contributed by atoms with Gasteiger partial charge in [-0.3, -0.25) is 14.4 Å². The van der Waals surface area contributed by atoms with E-state index in [1.165, 1.54) is 56.4 Å². The quantitative estimate of drug-likeness (QED) is 0.202. The molecule has 8 nitrogen and oxygen atoms in total. The Labute approximate surface area is 275 Å². The number of aliphatic hydroxyl groups is 1. The number of benzene rings is 1. The number of unbranched alkanes of at least 4 members (excludes halogenated alkanes) is 1. The molecule has 0 bridgehead atoms. The van der Waals surface area contributed by atoms with Crippen molar-refractivity contribution in [1.82, 2.24) is 5.01 Å². The van der Waals surface area contributed by atoms with E-state index in [4.69, 9.17) is 0 Å². The number of Topliss-reactive ketones (excluding diaryl/α,β-unsaturated/α-hetero) is 1. The third-order valence-electron chi connectivity index (χ3n) is 10.5. The Bertz CT molecular complexity index is 1390. The lowest BCUT2D eigenvalue weighted by Gasteiger charge is -2.32. The number of nitrogens with one attached hydrogen (secondary N) is 1. The molecule has 8 heteroatoms. The Kier molecular flexibility index (Phi) is 11.1. The van der Waals surface area contributed by atoms with Crippen molar-refractivity contribution in [3.63, 3.8) is 0 Å². The normalized spacial score (nSPS) is 21.4. The summed E-state index contributed by atoms with van der Waals surface area (Å²) in [5.41, 5.74) is 2.97. The second kappa shape index (κ2) is 15.0. The molecule has 4 aliphatic rings. The van der Waals surface area contributed by atoms with Crippen LogP contribution >= 0.6 is 0 Å². The zero-order chi connectivity index (χ0) is 33.0. The molecule has 2 fully saturated rings. The van der Waals surface area contributed by atoms with E-state index < -0.39 is 0 Å². The summed E-state index contributed by atoms with van der Waals surface area (Å²) in [6, 6.07) is 5.77. The van der Waals surface area contributed by atoms with Crippen molar-refractivity contribution >= 4 is 40.3 Å². The molecule has 0 spiro atoms. The van der Waals surface area contributed by atoms with Gasteiger partial charge in [0.05, 0.1) is 34.2 Å². The fourth-order valence-corrected chi connectivity index (χ4v) is 7.75.